The van der Waals surface area contributed by atoms with Crippen molar-refractivity contribution in [2.24, 2.45) is 5.92 Å². The lowest BCUT2D eigenvalue weighted by molar-refractivity contribution is 0.111. The van der Waals surface area contributed by atoms with Crippen molar-refractivity contribution in [1.82, 2.24) is 15.1 Å². The molecule has 2 heterocycles. The van der Waals surface area contributed by atoms with E-state index in [9.17, 15) is 0 Å². The van der Waals surface area contributed by atoms with Gasteiger partial charge in [-0.15, -0.1) is 0 Å². The second-order valence-electron chi connectivity index (χ2n) is 5.69. The van der Waals surface area contributed by atoms with Gasteiger partial charge in [0, 0.05) is 31.1 Å². The minimum absolute atomic E-state index is 0.541. The van der Waals surface area contributed by atoms with Crippen LogP contribution in [-0.2, 0) is 4.74 Å². The van der Waals surface area contributed by atoms with Crippen LogP contribution in [0.15, 0.2) is 0 Å². The Morgan fingerprint density at radius 3 is 2.94 bits per heavy atom. The van der Waals surface area contributed by atoms with Gasteiger partial charge in [0.05, 0.1) is 13.2 Å². The number of hydrogen-bond acceptors (Lipinski definition) is 4. The zero-order chi connectivity index (χ0) is 12.3. The zero-order valence-electron chi connectivity index (χ0n) is 11.5. The molecule has 0 aromatic rings. The Labute approximate surface area is 105 Å². The highest BCUT2D eigenvalue weighted by atomic mass is 16.5. The quantitative estimate of drug-likeness (QED) is 0.763. The fraction of sp³-hybridized carbons (Fsp3) is 1.00. The lowest BCUT2D eigenvalue weighted by Crippen LogP contribution is -2.48. The summed E-state index contributed by atoms with van der Waals surface area (Å²) >= 11 is 0. The third-order valence-corrected chi connectivity index (χ3v) is 4.31. The lowest BCUT2D eigenvalue weighted by atomic mass is 10.00. The number of likely N-dealkylation sites (tertiary alicyclic amines) is 1. The third kappa shape index (κ3) is 3.41. The van der Waals surface area contributed by atoms with Gasteiger partial charge in [-0.1, -0.05) is 0 Å². The smallest absolute Gasteiger partial charge is 0.0623 e. The van der Waals surface area contributed by atoms with E-state index < -0.39 is 0 Å². The van der Waals surface area contributed by atoms with E-state index in [2.05, 4.69) is 29.2 Å². The number of hydrogen-bond donors (Lipinski definition) is 1. The average Bonchev–Trinajstić information content (AvgIpc) is 2.76. The molecule has 0 aromatic carbocycles. The number of nitrogens with zero attached hydrogens (tertiary/aromatic N) is 2. The van der Waals surface area contributed by atoms with Gasteiger partial charge in [-0.25, -0.2) is 0 Å². The number of piperidine rings is 1. The fourth-order valence-corrected chi connectivity index (χ4v) is 3.12. The molecule has 2 aliphatic heterocycles. The molecular weight excluding hydrogens is 214 g/mol. The van der Waals surface area contributed by atoms with Gasteiger partial charge >= 0.3 is 0 Å². The van der Waals surface area contributed by atoms with Crippen molar-refractivity contribution in [2.75, 3.05) is 54.0 Å². The molecule has 0 aliphatic carbocycles. The Morgan fingerprint density at radius 2 is 2.24 bits per heavy atom. The summed E-state index contributed by atoms with van der Waals surface area (Å²) in [4.78, 5) is 4.99. The molecule has 0 saturated carbocycles. The Kier molecular flexibility index (Phi) is 4.79. The minimum Gasteiger partial charge on any atom is -0.379 e. The van der Waals surface area contributed by atoms with Crippen LogP contribution in [0, 0.1) is 5.92 Å². The van der Waals surface area contributed by atoms with Gasteiger partial charge in [0.25, 0.3) is 0 Å². The maximum Gasteiger partial charge on any atom is 0.0623 e. The standard InChI is InChI=1S/C13H27N3O/c1-14-13-10-17-9-11(13)7-16(3)12-5-4-6-15(2)8-12/h11-14H,4-10H2,1-3H3. The molecule has 3 atom stereocenters. The summed E-state index contributed by atoms with van der Waals surface area (Å²) in [5.41, 5.74) is 0. The Balaban J connectivity index is 1.81. The molecule has 2 rings (SSSR count). The maximum atomic E-state index is 5.57. The highest BCUT2D eigenvalue weighted by molar-refractivity contribution is 4.85. The molecule has 2 aliphatic rings. The van der Waals surface area contributed by atoms with Gasteiger partial charge in [-0.05, 0) is 40.5 Å². The van der Waals surface area contributed by atoms with E-state index in [0.29, 0.717) is 12.0 Å². The van der Waals surface area contributed by atoms with Gasteiger partial charge in [0.1, 0.15) is 0 Å². The second-order valence-corrected chi connectivity index (χ2v) is 5.69. The van der Waals surface area contributed by atoms with Crippen molar-refractivity contribution in [1.29, 1.82) is 0 Å². The van der Waals surface area contributed by atoms with Crippen LogP contribution < -0.4 is 5.32 Å². The van der Waals surface area contributed by atoms with Gasteiger partial charge in [0.2, 0.25) is 0 Å². The van der Waals surface area contributed by atoms with Crippen LogP contribution in [0.25, 0.3) is 0 Å². The van der Waals surface area contributed by atoms with Crippen LogP contribution in [0.3, 0.4) is 0 Å². The first kappa shape index (κ1) is 13.3. The zero-order valence-corrected chi connectivity index (χ0v) is 11.5. The van der Waals surface area contributed by atoms with Gasteiger partial charge < -0.3 is 19.9 Å². The van der Waals surface area contributed by atoms with E-state index in [1.54, 1.807) is 0 Å². The second kappa shape index (κ2) is 6.14. The summed E-state index contributed by atoms with van der Waals surface area (Å²) in [6.45, 7) is 5.42. The molecule has 0 spiro atoms. The predicted octanol–water partition coefficient (Wildman–Crippen LogP) is 0.247. The number of likely N-dealkylation sites (N-methyl/N-ethyl adjacent to an activating group) is 3. The molecule has 2 saturated heterocycles. The monoisotopic (exact) mass is 241 g/mol. The first-order chi connectivity index (χ1) is 8.20. The van der Waals surface area contributed by atoms with E-state index in [4.69, 9.17) is 4.74 Å². The molecule has 0 aromatic heterocycles. The largest absolute Gasteiger partial charge is 0.379 e. The number of nitrogens with one attached hydrogen (secondary N) is 1. The molecule has 2 fully saturated rings. The van der Waals surface area contributed by atoms with Crippen molar-refractivity contribution in [2.45, 2.75) is 24.9 Å². The van der Waals surface area contributed by atoms with Crippen LogP contribution >= 0.6 is 0 Å². The summed E-state index contributed by atoms with van der Waals surface area (Å²) in [7, 11) is 6.55. The van der Waals surface area contributed by atoms with Crippen molar-refractivity contribution in [3.05, 3.63) is 0 Å². The number of rotatable bonds is 4. The number of ether oxygens (including phenoxy) is 1. The predicted molar refractivity (Wildman–Crippen MR) is 70.3 cm³/mol. The molecule has 100 valence electrons. The highest BCUT2D eigenvalue weighted by Crippen LogP contribution is 2.19. The molecule has 4 heteroatoms. The van der Waals surface area contributed by atoms with Crippen molar-refractivity contribution in [3.63, 3.8) is 0 Å². The summed E-state index contributed by atoms with van der Waals surface area (Å²) in [5, 5.41) is 3.37. The lowest BCUT2D eigenvalue weighted by Gasteiger charge is -2.37. The van der Waals surface area contributed by atoms with Crippen LogP contribution in [0.2, 0.25) is 0 Å². The van der Waals surface area contributed by atoms with Crippen molar-refractivity contribution < 1.29 is 4.74 Å². The van der Waals surface area contributed by atoms with Crippen LogP contribution in [0.5, 0.6) is 0 Å². The SMILES string of the molecule is CNC1COCC1CN(C)C1CCCN(C)C1. The average molecular weight is 241 g/mol. The van der Waals surface area contributed by atoms with Crippen molar-refractivity contribution >= 4 is 0 Å². The summed E-state index contributed by atoms with van der Waals surface area (Å²) in [6.07, 6.45) is 2.68. The van der Waals surface area contributed by atoms with Gasteiger partial charge in [-0.2, -0.15) is 0 Å². The highest BCUT2D eigenvalue weighted by Gasteiger charge is 2.30. The molecule has 1 N–H and O–H groups in total. The van der Waals surface area contributed by atoms with E-state index in [1.165, 1.54) is 25.9 Å². The van der Waals surface area contributed by atoms with E-state index in [1.807, 2.05) is 7.05 Å². The maximum absolute atomic E-state index is 5.57. The fourth-order valence-electron chi connectivity index (χ4n) is 3.12. The van der Waals surface area contributed by atoms with E-state index in [-0.39, 0.29) is 0 Å². The van der Waals surface area contributed by atoms with Crippen molar-refractivity contribution in [3.8, 4) is 0 Å². The van der Waals surface area contributed by atoms with Crippen LogP contribution in [0.1, 0.15) is 12.8 Å². The first-order valence-corrected chi connectivity index (χ1v) is 6.84. The Bertz CT molecular complexity index is 237. The minimum atomic E-state index is 0.541. The first-order valence-electron chi connectivity index (χ1n) is 6.84. The van der Waals surface area contributed by atoms with E-state index >= 15 is 0 Å². The third-order valence-electron chi connectivity index (χ3n) is 4.31. The van der Waals surface area contributed by atoms with E-state index in [0.717, 1.165) is 25.8 Å². The molecule has 0 amide bonds. The van der Waals surface area contributed by atoms with Gasteiger partial charge in [0.15, 0.2) is 0 Å². The van der Waals surface area contributed by atoms with Crippen LogP contribution in [0.4, 0.5) is 0 Å². The normalized spacial score (nSPS) is 35.6. The van der Waals surface area contributed by atoms with Gasteiger partial charge in [-0.3, -0.25) is 0 Å². The molecular formula is C13H27N3O. The molecule has 0 bridgehead atoms. The summed E-state index contributed by atoms with van der Waals surface area (Å²) in [5.74, 6) is 0.650. The molecule has 17 heavy (non-hydrogen) atoms. The molecule has 4 nitrogen and oxygen atoms in total. The molecule has 0 radical (unpaired) electrons. The summed E-state index contributed by atoms with van der Waals surface area (Å²) in [6, 6.07) is 1.27. The molecule has 3 unspecified atom stereocenters. The van der Waals surface area contributed by atoms with Crippen LogP contribution in [-0.4, -0.2) is 75.9 Å². The topological polar surface area (TPSA) is 27.7 Å². The summed E-state index contributed by atoms with van der Waals surface area (Å²) < 4.78 is 5.57. The Morgan fingerprint density at radius 1 is 1.41 bits per heavy atom. The Hall–Kier alpha value is -0.160.